The zero-order valence-electron chi connectivity index (χ0n) is 15.9. The molecule has 0 amide bonds. The van der Waals surface area contributed by atoms with Gasteiger partial charge in [0.2, 0.25) is 0 Å². The van der Waals surface area contributed by atoms with Crippen LogP contribution in [0.3, 0.4) is 0 Å². The summed E-state index contributed by atoms with van der Waals surface area (Å²) in [6.45, 7) is 0. The average molecular weight is 435 g/mol. The molecular weight excluding hydrogens is 414 g/mol. The Bertz CT molecular complexity index is 967. The third-order valence-electron chi connectivity index (χ3n) is 5.18. The zero-order valence-corrected chi connectivity index (χ0v) is 18.4. The molecule has 0 N–H and O–H groups in total. The summed E-state index contributed by atoms with van der Waals surface area (Å²) < 4.78 is 0. The molecule has 0 nitrogen and oxygen atoms in total. The van der Waals surface area contributed by atoms with Crippen molar-refractivity contribution in [1.82, 2.24) is 0 Å². The van der Waals surface area contributed by atoms with Crippen LogP contribution in [-0.2, 0) is 11.3 Å². The molecule has 0 saturated carbocycles. The maximum absolute atomic E-state index is 6.52. The normalized spacial score (nSPS) is 11.8. The third kappa shape index (κ3) is 4.26. The maximum Gasteiger partial charge on any atom is 0.0623 e. The number of hydrogen-bond acceptors (Lipinski definition) is 0. The Morgan fingerprint density at radius 1 is 0.586 bits per heavy atom. The second kappa shape index (κ2) is 9.14. The summed E-state index contributed by atoms with van der Waals surface area (Å²) in [6, 6.07) is 38.1. The lowest BCUT2D eigenvalue weighted by molar-refractivity contribution is 0.883. The molecule has 0 aliphatic carbocycles. The van der Waals surface area contributed by atoms with Gasteiger partial charge in [-0.05, 0) is 40.5 Å². The van der Waals surface area contributed by atoms with Crippen molar-refractivity contribution in [3.8, 4) is 0 Å². The molecular formula is C26H21Cl2P. The van der Waals surface area contributed by atoms with E-state index in [1.165, 1.54) is 16.7 Å². The van der Waals surface area contributed by atoms with Crippen LogP contribution in [0.2, 0.25) is 10.0 Å². The fourth-order valence-corrected chi connectivity index (χ4v) is 6.23. The molecule has 29 heavy (non-hydrogen) atoms. The minimum Gasteiger partial charge on any atom is -0.0969 e. The van der Waals surface area contributed by atoms with Crippen LogP contribution >= 0.6 is 31.8 Å². The fourth-order valence-electron chi connectivity index (χ4n) is 3.76. The van der Waals surface area contributed by atoms with Gasteiger partial charge in [0.15, 0.2) is 0 Å². The van der Waals surface area contributed by atoms with E-state index in [2.05, 4.69) is 91.0 Å². The quantitative estimate of drug-likeness (QED) is 0.212. The van der Waals surface area contributed by atoms with E-state index < -0.39 is 0 Å². The molecule has 0 aliphatic rings. The monoisotopic (exact) mass is 434 g/mol. The number of benzene rings is 4. The molecule has 4 aromatic rings. The summed E-state index contributed by atoms with van der Waals surface area (Å²) in [5.74, 6) is 0. The van der Waals surface area contributed by atoms with E-state index in [0.29, 0.717) is 13.6 Å². The van der Waals surface area contributed by atoms with Gasteiger partial charge in [0.25, 0.3) is 0 Å². The predicted molar refractivity (Wildman–Crippen MR) is 128 cm³/mol. The van der Waals surface area contributed by atoms with E-state index in [9.17, 15) is 0 Å². The van der Waals surface area contributed by atoms with Crippen molar-refractivity contribution in [2.24, 2.45) is 0 Å². The molecule has 0 aliphatic heterocycles. The van der Waals surface area contributed by atoms with E-state index in [-0.39, 0.29) is 5.16 Å². The minimum absolute atomic E-state index is 0.243. The summed E-state index contributed by atoms with van der Waals surface area (Å²) in [6.07, 6.45) is 0.870. The highest BCUT2D eigenvalue weighted by Crippen LogP contribution is 2.54. The molecule has 144 valence electrons. The lowest BCUT2D eigenvalue weighted by Crippen LogP contribution is -2.24. The number of hydrogen-bond donors (Lipinski definition) is 0. The van der Waals surface area contributed by atoms with Crippen LogP contribution < -0.4 is 0 Å². The molecule has 0 heterocycles. The van der Waals surface area contributed by atoms with Gasteiger partial charge in [-0.1, -0.05) is 129 Å². The largest absolute Gasteiger partial charge is 0.0969 e. The molecule has 3 heteroatoms. The van der Waals surface area contributed by atoms with E-state index in [1.54, 1.807) is 0 Å². The minimum atomic E-state index is -0.243. The van der Waals surface area contributed by atoms with Gasteiger partial charge < -0.3 is 0 Å². The fraction of sp³-hybridized carbons (Fsp3) is 0.0769. The molecule has 0 spiro atoms. The van der Waals surface area contributed by atoms with Crippen LogP contribution in [0.5, 0.6) is 0 Å². The molecule has 0 saturated heterocycles. The van der Waals surface area contributed by atoms with Gasteiger partial charge in [0, 0.05) is 10.0 Å². The Hall–Kier alpha value is -2.11. The van der Waals surface area contributed by atoms with Crippen molar-refractivity contribution in [2.45, 2.75) is 11.3 Å². The molecule has 0 radical (unpaired) electrons. The molecule has 4 rings (SSSR count). The maximum atomic E-state index is 6.52. The first kappa shape index (κ1) is 20.2. The topological polar surface area (TPSA) is 0 Å². The van der Waals surface area contributed by atoms with E-state index in [4.69, 9.17) is 23.2 Å². The van der Waals surface area contributed by atoms with Crippen molar-refractivity contribution < 1.29 is 0 Å². The van der Waals surface area contributed by atoms with Gasteiger partial charge in [0.1, 0.15) is 0 Å². The first-order valence-corrected chi connectivity index (χ1v) is 11.5. The SMILES string of the molecule is Clc1ccc(CPC(c2ccccc2)(c2ccccc2)c2ccccc2)c(Cl)c1. The highest BCUT2D eigenvalue weighted by Gasteiger charge is 2.36. The summed E-state index contributed by atoms with van der Waals surface area (Å²) >= 11 is 12.6. The molecule has 0 bridgehead atoms. The van der Waals surface area contributed by atoms with Crippen molar-refractivity contribution in [2.75, 3.05) is 0 Å². The van der Waals surface area contributed by atoms with Gasteiger partial charge in [0.05, 0.1) is 5.16 Å². The molecule has 1 unspecified atom stereocenters. The van der Waals surface area contributed by atoms with Crippen molar-refractivity contribution >= 4 is 31.8 Å². The van der Waals surface area contributed by atoms with Crippen molar-refractivity contribution in [1.29, 1.82) is 0 Å². The summed E-state index contributed by atoms with van der Waals surface area (Å²) in [5, 5.41) is 1.16. The van der Waals surface area contributed by atoms with Crippen molar-refractivity contribution in [3.05, 3.63) is 141 Å². The molecule has 0 fully saturated rings. The first-order chi connectivity index (χ1) is 14.2. The average Bonchev–Trinajstić information content (AvgIpc) is 2.78. The number of halogens is 2. The van der Waals surface area contributed by atoms with Crippen LogP contribution in [0.4, 0.5) is 0 Å². The van der Waals surface area contributed by atoms with Crippen LogP contribution in [-0.4, -0.2) is 0 Å². The Morgan fingerprint density at radius 3 is 1.45 bits per heavy atom. The third-order valence-corrected chi connectivity index (χ3v) is 7.72. The Kier molecular flexibility index (Phi) is 6.36. The van der Waals surface area contributed by atoms with Crippen LogP contribution in [0.25, 0.3) is 0 Å². The standard InChI is InChI=1S/C26H21Cl2P/c27-24-17-16-20(25(28)18-24)19-29-26(21-10-4-1-5-11-21,22-12-6-2-7-13-22)23-14-8-3-9-15-23/h1-18,29H,19H2. The highest BCUT2D eigenvalue weighted by molar-refractivity contribution is 7.39. The van der Waals surface area contributed by atoms with E-state index >= 15 is 0 Å². The Morgan fingerprint density at radius 2 is 1.03 bits per heavy atom. The lowest BCUT2D eigenvalue weighted by atomic mass is 9.84. The second-order valence-electron chi connectivity index (χ2n) is 6.94. The van der Waals surface area contributed by atoms with Gasteiger partial charge in [-0.25, -0.2) is 0 Å². The Balaban J connectivity index is 1.88. The van der Waals surface area contributed by atoms with Crippen molar-refractivity contribution in [3.63, 3.8) is 0 Å². The smallest absolute Gasteiger partial charge is 0.0623 e. The summed E-state index contributed by atoms with van der Waals surface area (Å²) in [7, 11) is 0.569. The first-order valence-electron chi connectivity index (χ1n) is 9.56. The van der Waals surface area contributed by atoms with Gasteiger partial charge in [-0.3, -0.25) is 0 Å². The van der Waals surface area contributed by atoms with Crippen LogP contribution in [0.1, 0.15) is 22.3 Å². The van der Waals surface area contributed by atoms with E-state index in [1.807, 2.05) is 18.2 Å². The summed E-state index contributed by atoms with van der Waals surface area (Å²) in [4.78, 5) is 0. The van der Waals surface area contributed by atoms with Gasteiger partial charge in [-0.2, -0.15) is 0 Å². The Labute approximate surface area is 184 Å². The zero-order chi connectivity index (χ0) is 20.1. The van der Waals surface area contributed by atoms with Crippen LogP contribution in [0, 0.1) is 0 Å². The second-order valence-corrected chi connectivity index (χ2v) is 9.24. The lowest BCUT2D eigenvalue weighted by Gasteiger charge is -2.36. The molecule has 4 aromatic carbocycles. The van der Waals surface area contributed by atoms with Crippen LogP contribution in [0.15, 0.2) is 109 Å². The summed E-state index contributed by atoms with van der Waals surface area (Å²) in [5.41, 5.74) is 5.00. The predicted octanol–water partition coefficient (Wildman–Crippen LogP) is 8.16. The van der Waals surface area contributed by atoms with Gasteiger partial charge >= 0.3 is 0 Å². The number of rotatable bonds is 6. The van der Waals surface area contributed by atoms with E-state index in [0.717, 1.165) is 16.7 Å². The molecule has 0 aromatic heterocycles. The molecule has 1 atom stereocenters. The highest BCUT2D eigenvalue weighted by atomic mass is 35.5. The van der Waals surface area contributed by atoms with Gasteiger partial charge in [-0.15, -0.1) is 0 Å².